The van der Waals surface area contributed by atoms with Crippen molar-refractivity contribution in [1.82, 2.24) is 9.88 Å². The van der Waals surface area contributed by atoms with Gasteiger partial charge in [0.2, 0.25) is 0 Å². The molecule has 0 aliphatic carbocycles. The van der Waals surface area contributed by atoms with E-state index in [0.717, 1.165) is 0 Å². The first-order chi connectivity index (χ1) is 8.45. The third kappa shape index (κ3) is 3.44. The fraction of sp³-hybridized carbons (Fsp3) is 0.417. The average Bonchev–Trinajstić information content (AvgIpc) is 2.34. The molecule has 0 radical (unpaired) electrons. The number of H-pyrrole nitrogens is 1. The molecule has 0 saturated heterocycles. The molecule has 0 unspecified atom stereocenters. The number of rotatable bonds is 4. The van der Waals surface area contributed by atoms with Crippen LogP contribution in [0.5, 0.6) is 0 Å². The fourth-order valence-electron chi connectivity index (χ4n) is 1.41. The molecular weight excluding hydrogens is 236 g/mol. The molecule has 0 atom stereocenters. The van der Waals surface area contributed by atoms with Crippen molar-refractivity contribution in [3.63, 3.8) is 0 Å². The van der Waals surface area contributed by atoms with Crippen molar-refractivity contribution in [2.75, 3.05) is 20.7 Å². The van der Waals surface area contributed by atoms with Crippen molar-refractivity contribution >= 4 is 11.9 Å². The summed E-state index contributed by atoms with van der Waals surface area (Å²) in [5.74, 6) is -0.812. The first kappa shape index (κ1) is 14.0. The van der Waals surface area contributed by atoms with Crippen LogP contribution in [-0.4, -0.2) is 42.5 Å². The van der Waals surface area contributed by atoms with E-state index in [9.17, 15) is 14.4 Å². The van der Waals surface area contributed by atoms with E-state index >= 15 is 0 Å². The number of hydrogen-bond donors (Lipinski definition) is 1. The fourth-order valence-corrected chi connectivity index (χ4v) is 1.41. The Labute approximate surface area is 105 Å². The molecular formula is C12H16N2O4. The highest BCUT2D eigenvalue weighted by Crippen LogP contribution is 1.99. The molecule has 0 spiro atoms. The van der Waals surface area contributed by atoms with Gasteiger partial charge in [-0.25, -0.2) is 0 Å². The normalized spacial score (nSPS) is 9.94. The van der Waals surface area contributed by atoms with Gasteiger partial charge in [0.25, 0.3) is 5.91 Å². The number of nitrogens with one attached hydrogen (secondary N) is 1. The highest BCUT2D eigenvalue weighted by atomic mass is 16.5. The van der Waals surface area contributed by atoms with Gasteiger partial charge in [-0.05, 0) is 6.92 Å². The predicted octanol–water partition coefficient (Wildman–Crippen LogP) is 0.318. The van der Waals surface area contributed by atoms with Gasteiger partial charge in [0, 0.05) is 31.5 Å². The molecule has 0 aliphatic rings. The predicted molar refractivity (Wildman–Crippen MR) is 65.4 cm³/mol. The second-order valence-corrected chi connectivity index (χ2v) is 3.95. The quantitative estimate of drug-likeness (QED) is 0.782. The lowest BCUT2D eigenvalue weighted by Gasteiger charge is -2.15. The van der Waals surface area contributed by atoms with Crippen LogP contribution in [0.15, 0.2) is 17.1 Å². The first-order valence-corrected chi connectivity index (χ1v) is 5.47. The third-order valence-corrected chi connectivity index (χ3v) is 2.51. The second kappa shape index (κ2) is 6.00. The Morgan fingerprint density at radius 2 is 2.11 bits per heavy atom. The van der Waals surface area contributed by atoms with Crippen LogP contribution >= 0.6 is 0 Å². The highest BCUT2D eigenvalue weighted by Gasteiger charge is 2.16. The maximum absolute atomic E-state index is 11.9. The van der Waals surface area contributed by atoms with E-state index in [4.69, 9.17) is 0 Å². The molecule has 1 N–H and O–H groups in total. The Hall–Kier alpha value is -2.11. The molecule has 6 nitrogen and oxygen atoms in total. The van der Waals surface area contributed by atoms with E-state index in [1.807, 2.05) is 0 Å². The Balaban J connectivity index is 2.74. The Bertz CT molecular complexity index is 507. The molecule has 0 bridgehead atoms. The standard InChI is InChI=1S/C12H16N2O4/c1-8-6-10(15)9(7-13-8)12(17)14(2)5-4-11(16)18-3/h6-7H,4-5H2,1-3H3,(H,13,15). The molecule has 1 heterocycles. The largest absolute Gasteiger partial charge is 0.469 e. The smallest absolute Gasteiger partial charge is 0.307 e. The minimum absolute atomic E-state index is 0.0629. The minimum Gasteiger partial charge on any atom is -0.469 e. The lowest BCUT2D eigenvalue weighted by Crippen LogP contribution is -2.32. The lowest BCUT2D eigenvalue weighted by atomic mass is 10.2. The van der Waals surface area contributed by atoms with Gasteiger partial charge in [-0.3, -0.25) is 14.4 Å². The number of methoxy groups -OCH3 is 1. The SMILES string of the molecule is COC(=O)CCN(C)C(=O)c1c[nH]c(C)cc1=O. The van der Waals surface area contributed by atoms with Gasteiger partial charge >= 0.3 is 5.97 Å². The number of esters is 1. The molecule has 98 valence electrons. The molecule has 0 aromatic carbocycles. The minimum atomic E-state index is -0.417. The third-order valence-electron chi connectivity index (χ3n) is 2.51. The van der Waals surface area contributed by atoms with Gasteiger partial charge in [-0.15, -0.1) is 0 Å². The monoisotopic (exact) mass is 252 g/mol. The average molecular weight is 252 g/mol. The number of hydrogen-bond acceptors (Lipinski definition) is 4. The number of carbonyl (C=O) groups excluding carboxylic acids is 2. The number of pyridine rings is 1. The maximum Gasteiger partial charge on any atom is 0.307 e. The number of carbonyl (C=O) groups is 2. The van der Waals surface area contributed by atoms with Crippen molar-refractivity contribution < 1.29 is 14.3 Å². The van der Waals surface area contributed by atoms with Gasteiger partial charge < -0.3 is 14.6 Å². The lowest BCUT2D eigenvalue weighted by molar-refractivity contribution is -0.140. The number of aromatic nitrogens is 1. The summed E-state index contributed by atoms with van der Waals surface area (Å²) < 4.78 is 4.48. The summed E-state index contributed by atoms with van der Waals surface area (Å²) in [5.41, 5.74) is 0.419. The van der Waals surface area contributed by atoms with E-state index in [1.165, 1.54) is 31.3 Å². The number of aromatic amines is 1. The summed E-state index contributed by atoms with van der Waals surface area (Å²) in [7, 11) is 2.82. The zero-order chi connectivity index (χ0) is 13.7. The van der Waals surface area contributed by atoms with Crippen LogP contribution in [0.25, 0.3) is 0 Å². The van der Waals surface area contributed by atoms with E-state index in [-0.39, 0.29) is 24.0 Å². The number of aryl methyl sites for hydroxylation is 1. The van der Waals surface area contributed by atoms with Crippen LogP contribution in [0.3, 0.4) is 0 Å². The van der Waals surface area contributed by atoms with Crippen molar-refractivity contribution in [3.8, 4) is 0 Å². The van der Waals surface area contributed by atoms with Gasteiger partial charge in [0.05, 0.1) is 13.5 Å². The van der Waals surface area contributed by atoms with Gasteiger partial charge in [0.1, 0.15) is 5.56 Å². The van der Waals surface area contributed by atoms with Crippen LogP contribution in [0.2, 0.25) is 0 Å². The summed E-state index contributed by atoms with van der Waals surface area (Å²) in [6.07, 6.45) is 1.48. The van der Waals surface area contributed by atoms with Crippen LogP contribution < -0.4 is 5.43 Å². The molecule has 0 saturated carbocycles. The van der Waals surface area contributed by atoms with E-state index in [1.54, 1.807) is 6.92 Å². The van der Waals surface area contributed by atoms with Crippen molar-refractivity contribution in [1.29, 1.82) is 0 Å². The van der Waals surface area contributed by atoms with Crippen molar-refractivity contribution in [2.45, 2.75) is 13.3 Å². The van der Waals surface area contributed by atoms with Crippen LogP contribution in [0, 0.1) is 6.92 Å². The molecule has 1 amide bonds. The molecule has 1 aromatic rings. The number of amides is 1. The summed E-state index contributed by atoms with van der Waals surface area (Å²) >= 11 is 0. The van der Waals surface area contributed by atoms with E-state index in [0.29, 0.717) is 5.69 Å². The van der Waals surface area contributed by atoms with Crippen LogP contribution in [0.4, 0.5) is 0 Å². The Morgan fingerprint density at radius 1 is 1.44 bits per heavy atom. The summed E-state index contributed by atoms with van der Waals surface area (Å²) in [6, 6.07) is 1.36. The summed E-state index contributed by atoms with van der Waals surface area (Å²) in [4.78, 5) is 38.6. The summed E-state index contributed by atoms with van der Waals surface area (Å²) in [5, 5.41) is 0. The Kier molecular flexibility index (Phi) is 4.65. The zero-order valence-electron chi connectivity index (χ0n) is 10.6. The maximum atomic E-state index is 11.9. The van der Waals surface area contributed by atoms with Gasteiger partial charge in [-0.1, -0.05) is 0 Å². The molecule has 18 heavy (non-hydrogen) atoms. The molecule has 1 rings (SSSR count). The molecule has 6 heteroatoms. The summed E-state index contributed by atoms with van der Waals surface area (Å²) in [6.45, 7) is 1.94. The number of ether oxygens (including phenoxy) is 1. The highest BCUT2D eigenvalue weighted by molar-refractivity contribution is 5.93. The Morgan fingerprint density at radius 3 is 2.67 bits per heavy atom. The van der Waals surface area contributed by atoms with Crippen LogP contribution in [0.1, 0.15) is 22.5 Å². The molecule has 0 fully saturated rings. The van der Waals surface area contributed by atoms with Gasteiger partial charge in [-0.2, -0.15) is 0 Å². The van der Waals surface area contributed by atoms with Gasteiger partial charge in [0.15, 0.2) is 5.43 Å². The van der Waals surface area contributed by atoms with E-state index < -0.39 is 11.9 Å². The van der Waals surface area contributed by atoms with Crippen molar-refractivity contribution in [2.24, 2.45) is 0 Å². The molecule has 0 aliphatic heterocycles. The van der Waals surface area contributed by atoms with E-state index in [2.05, 4.69) is 9.72 Å². The second-order valence-electron chi connectivity index (χ2n) is 3.95. The van der Waals surface area contributed by atoms with Crippen molar-refractivity contribution in [3.05, 3.63) is 33.7 Å². The topological polar surface area (TPSA) is 79.5 Å². The molecule has 1 aromatic heterocycles. The zero-order valence-corrected chi connectivity index (χ0v) is 10.6. The number of nitrogens with zero attached hydrogens (tertiary/aromatic N) is 1. The first-order valence-electron chi connectivity index (χ1n) is 5.47. The van der Waals surface area contributed by atoms with Crippen LogP contribution in [-0.2, 0) is 9.53 Å².